The first-order chi connectivity index (χ1) is 9.60. The predicted molar refractivity (Wildman–Crippen MR) is 78.2 cm³/mol. The lowest BCUT2D eigenvalue weighted by molar-refractivity contribution is 0.0983. The average molecular weight is 271 g/mol. The van der Waals surface area contributed by atoms with Crippen LogP contribution in [-0.2, 0) is 6.42 Å². The van der Waals surface area contributed by atoms with Crippen LogP contribution in [0.2, 0.25) is 0 Å². The van der Waals surface area contributed by atoms with Crippen molar-refractivity contribution < 1.29 is 14.6 Å². The SMILES string of the molecule is COc1ccc(CCC(=O)c2cccc(N)c2)cc1O. The number of phenolic OH excluding ortho intramolecular Hbond substituents is 1. The zero-order valence-corrected chi connectivity index (χ0v) is 11.3. The van der Waals surface area contributed by atoms with Gasteiger partial charge in [0, 0.05) is 17.7 Å². The number of rotatable bonds is 5. The number of methoxy groups -OCH3 is 1. The molecule has 0 spiro atoms. The molecule has 0 bridgehead atoms. The topological polar surface area (TPSA) is 72.5 Å². The Labute approximate surface area is 117 Å². The van der Waals surface area contributed by atoms with Crippen LogP contribution in [0.1, 0.15) is 22.3 Å². The second kappa shape index (κ2) is 6.10. The van der Waals surface area contributed by atoms with Crippen molar-refractivity contribution in [2.24, 2.45) is 0 Å². The van der Waals surface area contributed by atoms with Gasteiger partial charge >= 0.3 is 0 Å². The Hall–Kier alpha value is -2.49. The zero-order chi connectivity index (χ0) is 14.5. The fraction of sp³-hybridized carbons (Fsp3) is 0.188. The summed E-state index contributed by atoms with van der Waals surface area (Å²) >= 11 is 0. The van der Waals surface area contributed by atoms with E-state index in [1.807, 2.05) is 6.07 Å². The molecular weight excluding hydrogens is 254 g/mol. The first-order valence-corrected chi connectivity index (χ1v) is 6.35. The van der Waals surface area contributed by atoms with E-state index < -0.39 is 0 Å². The quantitative estimate of drug-likeness (QED) is 0.648. The third-order valence-electron chi connectivity index (χ3n) is 3.09. The standard InChI is InChI=1S/C16H17NO3/c1-20-16-8-6-11(9-15(16)19)5-7-14(18)12-3-2-4-13(17)10-12/h2-4,6,8-10,19H,5,7,17H2,1H3. The maximum atomic E-state index is 12.0. The molecule has 2 aromatic rings. The molecule has 4 nitrogen and oxygen atoms in total. The predicted octanol–water partition coefficient (Wildman–Crippen LogP) is 2.80. The molecule has 2 rings (SSSR count). The van der Waals surface area contributed by atoms with Crippen LogP contribution in [0.4, 0.5) is 5.69 Å². The number of aromatic hydroxyl groups is 1. The van der Waals surface area contributed by atoms with Gasteiger partial charge < -0.3 is 15.6 Å². The summed E-state index contributed by atoms with van der Waals surface area (Å²) in [5.41, 5.74) is 7.74. The molecule has 0 heterocycles. The van der Waals surface area contributed by atoms with Gasteiger partial charge in [0.1, 0.15) is 0 Å². The maximum Gasteiger partial charge on any atom is 0.163 e. The minimum atomic E-state index is 0.0348. The van der Waals surface area contributed by atoms with Crippen molar-refractivity contribution in [3.63, 3.8) is 0 Å². The molecule has 0 amide bonds. The molecule has 0 atom stereocenters. The highest BCUT2D eigenvalue weighted by Crippen LogP contribution is 2.26. The van der Waals surface area contributed by atoms with Crippen LogP contribution in [0, 0.1) is 0 Å². The number of nitrogen functional groups attached to an aromatic ring is 1. The van der Waals surface area contributed by atoms with Gasteiger partial charge in [-0.1, -0.05) is 18.2 Å². The van der Waals surface area contributed by atoms with Gasteiger partial charge in [0.2, 0.25) is 0 Å². The van der Waals surface area contributed by atoms with Crippen LogP contribution in [0.15, 0.2) is 42.5 Å². The molecule has 0 aliphatic heterocycles. The molecule has 4 heteroatoms. The molecule has 0 saturated carbocycles. The van der Waals surface area contributed by atoms with E-state index in [0.717, 1.165) is 5.56 Å². The summed E-state index contributed by atoms with van der Waals surface area (Å²) in [5, 5.41) is 9.68. The second-order valence-corrected chi connectivity index (χ2v) is 4.55. The Morgan fingerprint density at radius 1 is 1.25 bits per heavy atom. The molecule has 0 aromatic heterocycles. The number of carbonyl (C=O) groups excluding carboxylic acids is 1. The molecule has 0 radical (unpaired) electrons. The van der Waals surface area contributed by atoms with Gasteiger partial charge in [-0.2, -0.15) is 0 Å². The first-order valence-electron chi connectivity index (χ1n) is 6.35. The van der Waals surface area contributed by atoms with Crippen LogP contribution in [0.25, 0.3) is 0 Å². The lowest BCUT2D eigenvalue weighted by Gasteiger charge is -2.06. The summed E-state index contributed by atoms with van der Waals surface area (Å²) in [6.45, 7) is 0. The van der Waals surface area contributed by atoms with Gasteiger partial charge in [-0.05, 0) is 36.2 Å². The van der Waals surface area contributed by atoms with Gasteiger partial charge in [0.25, 0.3) is 0 Å². The van der Waals surface area contributed by atoms with E-state index in [0.29, 0.717) is 29.8 Å². The van der Waals surface area contributed by atoms with Crippen LogP contribution >= 0.6 is 0 Å². The van der Waals surface area contributed by atoms with Gasteiger partial charge in [0.15, 0.2) is 17.3 Å². The van der Waals surface area contributed by atoms with Gasteiger partial charge in [0.05, 0.1) is 7.11 Å². The number of hydrogen-bond donors (Lipinski definition) is 2. The molecule has 2 aromatic carbocycles. The molecular formula is C16H17NO3. The van der Waals surface area contributed by atoms with E-state index in [1.165, 1.54) is 7.11 Å². The Morgan fingerprint density at radius 3 is 2.70 bits per heavy atom. The van der Waals surface area contributed by atoms with Crippen LogP contribution in [0.5, 0.6) is 11.5 Å². The maximum absolute atomic E-state index is 12.0. The van der Waals surface area contributed by atoms with Gasteiger partial charge in [-0.3, -0.25) is 4.79 Å². The lowest BCUT2D eigenvalue weighted by atomic mass is 10.0. The number of aryl methyl sites for hydroxylation is 1. The normalized spacial score (nSPS) is 10.2. The van der Waals surface area contributed by atoms with Crippen molar-refractivity contribution in [2.45, 2.75) is 12.8 Å². The molecule has 0 unspecified atom stereocenters. The molecule has 0 aliphatic rings. The number of Topliss-reactive ketones (excluding diaryl/α,β-unsaturated/α-hetero) is 1. The molecule has 0 fully saturated rings. The number of hydrogen-bond acceptors (Lipinski definition) is 4. The molecule has 20 heavy (non-hydrogen) atoms. The zero-order valence-electron chi connectivity index (χ0n) is 11.3. The van der Waals surface area contributed by atoms with Crippen molar-refractivity contribution in [1.29, 1.82) is 0 Å². The van der Waals surface area contributed by atoms with Crippen LogP contribution in [0.3, 0.4) is 0 Å². The monoisotopic (exact) mass is 271 g/mol. The highest BCUT2D eigenvalue weighted by Gasteiger charge is 2.08. The van der Waals surface area contributed by atoms with Crippen LogP contribution < -0.4 is 10.5 Å². The fourth-order valence-electron chi connectivity index (χ4n) is 2.01. The van der Waals surface area contributed by atoms with E-state index in [1.54, 1.807) is 36.4 Å². The van der Waals surface area contributed by atoms with Crippen molar-refractivity contribution in [3.8, 4) is 11.5 Å². The third-order valence-corrected chi connectivity index (χ3v) is 3.09. The minimum absolute atomic E-state index is 0.0348. The Morgan fingerprint density at radius 2 is 2.05 bits per heavy atom. The average Bonchev–Trinajstić information content (AvgIpc) is 2.45. The molecule has 0 saturated heterocycles. The number of anilines is 1. The highest BCUT2D eigenvalue weighted by molar-refractivity contribution is 5.96. The van der Waals surface area contributed by atoms with Crippen molar-refractivity contribution in [1.82, 2.24) is 0 Å². The first kappa shape index (κ1) is 13.9. The van der Waals surface area contributed by atoms with Crippen molar-refractivity contribution in [3.05, 3.63) is 53.6 Å². The summed E-state index contributed by atoms with van der Waals surface area (Å²) in [5.74, 6) is 0.546. The number of nitrogens with two attached hydrogens (primary N) is 1. The van der Waals surface area contributed by atoms with E-state index in [9.17, 15) is 9.90 Å². The van der Waals surface area contributed by atoms with Gasteiger partial charge in [-0.25, -0.2) is 0 Å². The molecule has 3 N–H and O–H groups in total. The Bertz CT molecular complexity index is 623. The number of carbonyl (C=O) groups is 1. The summed E-state index contributed by atoms with van der Waals surface area (Å²) in [6.07, 6.45) is 0.931. The summed E-state index contributed by atoms with van der Waals surface area (Å²) in [7, 11) is 1.50. The van der Waals surface area contributed by atoms with Crippen molar-refractivity contribution >= 4 is 11.5 Å². The Kier molecular flexibility index (Phi) is 4.25. The number of phenols is 1. The van der Waals surface area contributed by atoms with Crippen molar-refractivity contribution in [2.75, 3.05) is 12.8 Å². The highest BCUT2D eigenvalue weighted by atomic mass is 16.5. The lowest BCUT2D eigenvalue weighted by Crippen LogP contribution is -2.02. The Balaban J connectivity index is 2.02. The molecule has 104 valence electrons. The van der Waals surface area contributed by atoms with E-state index in [4.69, 9.17) is 10.5 Å². The van der Waals surface area contributed by atoms with E-state index in [2.05, 4.69) is 0 Å². The fourth-order valence-corrected chi connectivity index (χ4v) is 2.01. The summed E-state index contributed by atoms with van der Waals surface area (Å²) in [4.78, 5) is 12.0. The minimum Gasteiger partial charge on any atom is -0.504 e. The number of ether oxygens (including phenoxy) is 1. The van der Waals surface area contributed by atoms with E-state index in [-0.39, 0.29) is 11.5 Å². The smallest absolute Gasteiger partial charge is 0.163 e. The molecule has 0 aliphatic carbocycles. The number of benzene rings is 2. The van der Waals surface area contributed by atoms with Gasteiger partial charge in [-0.15, -0.1) is 0 Å². The van der Waals surface area contributed by atoms with E-state index >= 15 is 0 Å². The summed E-state index contributed by atoms with van der Waals surface area (Å²) < 4.78 is 4.98. The largest absolute Gasteiger partial charge is 0.504 e. The van der Waals surface area contributed by atoms with Crippen LogP contribution in [-0.4, -0.2) is 18.0 Å². The third kappa shape index (κ3) is 3.29. The second-order valence-electron chi connectivity index (χ2n) is 4.55. The number of ketones is 1. The summed E-state index contributed by atoms with van der Waals surface area (Å²) in [6, 6.07) is 12.1.